The van der Waals surface area contributed by atoms with E-state index in [-0.39, 0.29) is 24.3 Å². The second-order valence-corrected chi connectivity index (χ2v) is 8.73. The minimum absolute atomic E-state index is 0.0235. The fourth-order valence-electron chi connectivity index (χ4n) is 3.86. The second-order valence-electron chi connectivity index (χ2n) is 7.91. The SMILES string of the molecule is COc1ccc(CN(C(=O)Cc2c(Cl)cccc2Cl)C(C)C(=O)NC2CCCC2)cc1. The van der Waals surface area contributed by atoms with E-state index in [0.717, 1.165) is 37.0 Å². The summed E-state index contributed by atoms with van der Waals surface area (Å²) in [5, 5.41) is 3.98. The molecule has 5 nitrogen and oxygen atoms in total. The van der Waals surface area contributed by atoms with Gasteiger partial charge in [-0.15, -0.1) is 0 Å². The van der Waals surface area contributed by atoms with Crippen LogP contribution in [-0.4, -0.2) is 35.9 Å². The zero-order chi connectivity index (χ0) is 22.4. The molecule has 2 aromatic rings. The summed E-state index contributed by atoms with van der Waals surface area (Å²) in [5.41, 5.74) is 1.47. The second kappa shape index (κ2) is 10.9. The molecule has 1 fully saturated rings. The van der Waals surface area contributed by atoms with Gasteiger partial charge in [0.25, 0.3) is 0 Å². The Kier molecular flexibility index (Phi) is 8.22. The van der Waals surface area contributed by atoms with Gasteiger partial charge in [-0.25, -0.2) is 0 Å². The third kappa shape index (κ3) is 6.14. The number of amides is 2. The third-order valence-electron chi connectivity index (χ3n) is 5.77. The van der Waals surface area contributed by atoms with Crippen molar-refractivity contribution in [3.63, 3.8) is 0 Å². The molecule has 0 radical (unpaired) electrons. The fourth-order valence-corrected chi connectivity index (χ4v) is 4.39. The molecule has 0 aliphatic heterocycles. The van der Waals surface area contributed by atoms with Gasteiger partial charge in [0.1, 0.15) is 11.8 Å². The number of halogens is 2. The normalized spacial score (nSPS) is 14.8. The van der Waals surface area contributed by atoms with Gasteiger partial charge in [0, 0.05) is 22.6 Å². The molecular weight excluding hydrogens is 435 g/mol. The van der Waals surface area contributed by atoms with E-state index in [1.807, 2.05) is 24.3 Å². The van der Waals surface area contributed by atoms with E-state index in [1.54, 1.807) is 37.1 Å². The number of nitrogens with zero attached hydrogens (tertiary/aromatic N) is 1. The molecule has 7 heteroatoms. The van der Waals surface area contributed by atoms with Gasteiger partial charge in [-0.3, -0.25) is 9.59 Å². The number of nitrogens with one attached hydrogen (secondary N) is 1. The fraction of sp³-hybridized carbons (Fsp3) is 0.417. The van der Waals surface area contributed by atoms with Crippen molar-refractivity contribution in [1.82, 2.24) is 10.2 Å². The Labute approximate surface area is 193 Å². The van der Waals surface area contributed by atoms with Crippen molar-refractivity contribution < 1.29 is 14.3 Å². The Hall–Kier alpha value is -2.24. The molecule has 3 rings (SSSR count). The zero-order valence-corrected chi connectivity index (χ0v) is 19.4. The summed E-state index contributed by atoms with van der Waals surface area (Å²) in [6.07, 6.45) is 4.24. The summed E-state index contributed by atoms with van der Waals surface area (Å²) < 4.78 is 5.21. The van der Waals surface area contributed by atoms with Crippen LogP contribution in [0.15, 0.2) is 42.5 Å². The Morgan fingerprint density at radius 3 is 2.29 bits per heavy atom. The summed E-state index contributed by atoms with van der Waals surface area (Å²) in [6, 6.07) is 12.2. The van der Waals surface area contributed by atoms with Crippen molar-refractivity contribution in [3.05, 3.63) is 63.6 Å². The van der Waals surface area contributed by atoms with Crippen LogP contribution in [0.4, 0.5) is 0 Å². The lowest BCUT2D eigenvalue weighted by Crippen LogP contribution is -2.50. The number of ether oxygens (including phenoxy) is 1. The number of methoxy groups -OCH3 is 1. The smallest absolute Gasteiger partial charge is 0.242 e. The lowest BCUT2D eigenvalue weighted by atomic mass is 10.1. The Morgan fingerprint density at radius 1 is 1.10 bits per heavy atom. The van der Waals surface area contributed by atoms with E-state index in [2.05, 4.69) is 5.32 Å². The highest BCUT2D eigenvalue weighted by Crippen LogP contribution is 2.26. The average molecular weight is 463 g/mol. The largest absolute Gasteiger partial charge is 0.497 e. The molecule has 1 N–H and O–H groups in total. The molecular formula is C24H28Cl2N2O3. The van der Waals surface area contributed by atoms with Gasteiger partial charge in [-0.05, 0) is 55.2 Å². The van der Waals surface area contributed by atoms with Crippen molar-refractivity contribution in [1.29, 1.82) is 0 Å². The van der Waals surface area contributed by atoms with Gasteiger partial charge < -0.3 is 15.0 Å². The van der Waals surface area contributed by atoms with Crippen LogP contribution in [0.2, 0.25) is 10.0 Å². The highest BCUT2D eigenvalue weighted by molar-refractivity contribution is 6.36. The number of hydrogen-bond donors (Lipinski definition) is 1. The van der Waals surface area contributed by atoms with Gasteiger partial charge in [0.05, 0.1) is 13.5 Å². The maximum absolute atomic E-state index is 13.3. The minimum atomic E-state index is -0.628. The predicted octanol–water partition coefficient (Wildman–Crippen LogP) is 5.02. The van der Waals surface area contributed by atoms with Crippen LogP contribution in [0.25, 0.3) is 0 Å². The molecule has 0 bridgehead atoms. The van der Waals surface area contributed by atoms with Gasteiger partial charge in [0.15, 0.2) is 0 Å². The van der Waals surface area contributed by atoms with Crippen molar-refractivity contribution in [2.45, 2.75) is 57.7 Å². The van der Waals surface area contributed by atoms with Crippen molar-refractivity contribution >= 4 is 35.0 Å². The molecule has 1 atom stereocenters. The molecule has 2 amide bonds. The van der Waals surface area contributed by atoms with Gasteiger partial charge in [-0.2, -0.15) is 0 Å². The van der Waals surface area contributed by atoms with Crippen molar-refractivity contribution in [2.24, 2.45) is 0 Å². The zero-order valence-electron chi connectivity index (χ0n) is 17.9. The molecule has 2 aromatic carbocycles. The predicted molar refractivity (Wildman–Crippen MR) is 124 cm³/mol. The average Bonchev–Trinajstić information content (AvgIpc) is 3.27. The summed E-state index contributed by atoms with van der Waals surface area (Å²) in [6.45, 7) is 2.06. The van der Waals surface area contributed by atoms with Crippen LogP contribution >= 0.6 is 23.2 Å². The molecule has 166 valence electrons. The minimum Gasteiger partial charge on any atom is -0.497 e. The van der Waals surface area contributed by atoms with Crippen molar-refractivity contribution in [2.75, 3.05) is 7.11 Å². The summed E-state index contributed by atoms with van der Waals surface area (Å²) in [7, 11) is 1.60. The number of carbonyl (C=O) groups excluding carboxylic acids is 2. The number of benzene rings is 2. The third-order valence-corrected chi connectivity index (χ3v) is 6.48. The summed E-state index contributed by atoms with van der Waals surface area (Å²) >= 11 is 12.6. The van der Waals surface area contributed by atoms with Crippen molar-refractivity contribution in [3.8, 4) is 5.75 Å². The topological polar surface area (TPSA) is 58.6 Å². The highest BCUT2D eigenvalue weighted by Gasteiger charge is 2.29. The standard InChI is InChI=1S/C24H28Cl2N2O3/c1-16(24(30)27-18-6-3-4-7-18)28(15-17-10-12-19(31-2)13-11-17)23(29)14-20-21(25)8-5-9-22(20)26/h5,8-13,16,18H,3-4,6-7,14-15H2,1-2H3,(H,27,30). The first-order valence-electron chi connectivity index (χ1n) is 10.5. The molecule has 1 aliphatic rings. The molecule has 0 spiro atoms. The van der Waals surface area contributed by atoms with Crippen LogP contribution in [-0.2, 0) is 22.6 Å². The molecule has 0 saturated heterocycles. The molecule has 1 saturated carbocycles. The van der Waals surface area contributed by atoms with Gasteiger partial charge in [-0.1, -0.05) is 54.2 Å². The maximum Gasteiger partial charge on any atom is 0.242 e. The van der Waals surface area contributed by atoms with Crippen LogP contribution in [0.1, 0.15) is 43.7 Å². The molecule has 0 aromatic heterocycles. The van der Waals surface area contributed by atoms with E-state index in [9.17, 15) is 9.59 Å². The monoisotopic (exact) mass is 462 g/mol. The van der Waals surface area contributed by atoms with E-state index >= 15 is 0 Å². The van der Waals surface area contributed by atoms with Crippen LogP contribution < -0.4 is 10.1 Å². The maximum atomic E-state index is 13.3. The van der Waals surface area contributed by atoms with E-state index < -0.39 is 6.04 Å². The Morgan fingerprint density at radius 2 is 1.71 bits per heavy atom. The molecule has 0 heterocycles. The van der Waals surface area contributed by atoms with Crippen LogP contribution in [0.5, 0.6) is 5.75 Å². The van der Waals surface area contributed by atoms with Crippen LogP contribution in [0, 0.1) is 0 Å². The first-order valence-corrected chi connectivity index (χ1v) is 11.3. The molecule has 1 aliphatic carbocycles. The lowest BCUT2D eigenvalue weighted by Gasteiger charge is -2.30. The van der Waals surface area contributed by atoms with E-state index in [0.29, 0.717) is 22.2 Å². The Balaban J connectivity index is 1.81. The number of hydrogen-bond acceptors (Lipinski definition) is 3. The molecule has 1 unspecified atom stereocenters. The quantitative estimate of drug-likeness (QED) is 0.598. The lowest BCUT2D eigenvalue weighted by molar-refractivity contribution is -0.140. The summed E-state index contributed by atoms with van der Waals surface area (Å²) in [5.74, 6) is 0.385. The first kappa shape index (κ1) is 23.4. The Bertz CT molecular complexity index is 891. The number of carbonyl (C=O) groups is 2. The highest BCUT2D eigenvalue weighted by atomic mass is 35.5. The van der Waals surface area contributed by atoms with Gasteiger partial charge >= 0.3 is 0 Å². The van der Waals surface area contributed by atoms with E-state index in [1.165, 1.54) is 0 Å². The molecule has 31 heavy (non-hydrogen) atoms. The first-order chi connectivity index (χ1) is 14.9. The summed E-state index contributed by atoms with van der Waals surface area (Å²) in [4.78, 5) is 27.9. The van der Waals surface area contributed by atoms with Gasteiger partial charge in [0.2, 0.25) is 11.8 Å². The number of rotatable bonds is 8. The van der Waals surface area contributed by atoms with E-state index in [4.69, 9.17) is 27.9 Å². The van der Waals surface area contributed by atoms with Crippen LogP contribution in [0.3, 0.4) is 0 Å².